The van der Waals surface area contributed by atoms with Crippen molar-refractivity contribution >= 4 is 5.97 Å². The van der Waals surface area contributed by atoms with Crippen molar-refractivity contribution in [1.82, 2.24) is 0 Å². The average Bonchev–Trinajstić information content (AvgIpc) is 2.32. The molecule has 0 spiro atoms. The maximum absolute atomic E-state index is 12.9. The fourth-order valence-corrected chi connectivity index (χ4v) is 1.19. The molecule has 0 bridgehead atoms. The lowest BCUT2D eigenvalue weighted by Crippen LogP contribution is -2.29. The first kappa shape index (κ1) is 13.3. The molecule has 2 unspecified atom stereocenters. The highest BCUT2D eigenvalue weighted by Gasteiger charge is 2.28. The van der Waals surface area contributed by atoms with Crippen LogP contribution in [-0.2, 0) is 9.53 Å². The van der Waals surface area contributed by atoms with Crippen molar-refractivity contribution in [2.75, 3.05) is 7.11 Å². The second kappa shape index (κ2) is 5.07. The summed E-state index contributed by atoms with van der Waals surface area (Å²) in [6, 6.07) is 1.21. The average molecular weight is 248 g/mol. The van der Waals surface area contributed by atoms with E-state index in [1.54, 1.807) is 0 Å². The molecule has 0 aromatic heterocycles. The Kier molecular flexibility index (Phi) is 3.97. The van der Waals surface area contributed by atoms with Crippen LogP contribution in [-0.4, -0.2) is 34.5 Å². The maximum atomic E-state index is 12.9. The summed E-state index contributed by atoms with van der Waals surface area (Å²) in [6.45, 7) is 0. The lowest BCUT2D eigenvalue weighted by molar-refractivity contribution is -0.156. The van der Waals surface area contributed by atoms with E-state index >= 15 is 0 Å². The van der Waals surface area contributed by atoms with E-state index in [0.29, 0.717) is 12.1 Å². The minimum atomic E-state index is -1.97. The zero-order valence-electron chi connectivity index (χ0n) is 8.72. The van der Waals surface area contributed by atoms with E-state index in [1.165, 1.54) is 0 Å². The van der Waals surface area contributed by atoms with Gasteiger partial charge in [0.1, 0.15) is 6.10 Å². The molecule has 0 aliphatic heterocycles. The molecule has 3 N–H and O–H groups in total. The van der Waals surface area contributed by atoms with Gasteiger partial charge < -0.3 is 20.1 Å². The summed E-state index contributed by atoms with van der Waals surface area (Å²) >= 11 is 0. The number of hydrogen-bond acceptors (Lipinski definition) is 5. The first-order valence-electron chi connectivity index (χ1n) is 4.50. The Morgan fingerprint density at radius 2 is 1.76 bits per heavy atom. The molecule has 5 nitrogen and oxygen atoms in total. The zero-order valence-corrected chi connectivity index (χ0v) is 8.72. The second-order valence-electron chi connectivity index (χ2n) is 3.25. The first-order valence-corrected chi connectivity index (χ1v) is 4.50. The van der Waals surface area contributed by atoms with Gasteiger partial charge in [0.2, 0.25) is 0 Å². The normalized spacial score (nSPS) is 14.2. The van der Waals surface area contributed by atoms with Gasteiger partial charge in [-0.05, 0) is 17.7 Å². The molecule has 1 aromatic rings. The highest BCUT2D eigenvalue weighted by Crippen LogP contribution is 2.26. The number of ether oxygens (including phenoxy) is 1. The summed E-state index contributed by atoms with van der Waals surface area (Å²) in [7, 11) is 0.982. The highest BCUT2D eigenvalue weighted by atomic mass is 19.1. The van der Waals surface area contributed by atoms with Crippen molar-refractivity contribution < 1.29 is 33.6 Å². The molecule has 0 heterocycles. The monoisotopic (exact) mass is 248 g/mol. The molecule has 17 heavy (non-hydrogen) atoms. The van der Waals surface area contributed by atoms with Crippen molar-refractivity contribution in [1.29, 1.82) is 0 Å². The van der Waals surface area contributed by atoms with Crippen LogP contribution in [0.15, 0.2) is 12.1 Å². The van der Waals surface area contributed by atoms with Crippen LogP contribution in [0.3, 0.4) is 0 Å². The number of aliphatic hydroxyl groups is 2. The molecule has 0 aliphatic rings. The predicted octanol–water partition coefficient (Wildman–Crippen LogP) is 0.238. The van der Waals surface area contributed by atoms with Crippen molar-refractivity contribution in [3.63, 3.8) is 0 Å². The van der Waals surface area contributed by atoms with Crippen LogP contribution in [0, 0.1) is 11.6 Å². The molecule has 0 saturated heterocycles. The summed E-state index contributed by atoms with van der Waals surface area (Å²) in [6.07, 6.45) is -3.82. The van der Waals surface area contributed by atoms with Crippen LogP contribution in [0.1, 0.15) is 11.7 Å². The first-order chi connectivity index (χ1) is 7.88. The molecule has 1 rings (SSSR count). The Balaban J connectivity index is 3.04. The van der Waals surface area contributed by atoms with Gasteiger partial charge in [-0.2, -0.15) is 0 Å². The van der Waals surface area contributed by atoms with Crippen molar-refractivity contribution in [2.24, 2.45) is 0 Å². The van der Waals surface area contributed by atoms with Gasteiger partial charge in [-0.3, -0.25) is 0 Å². The number of aromatic hydroxyl groups is 1. The van der Waals surface area contributed by atoms with E-state index in [4.69, 9.17) is 5.11 Å². The number of halogens is 2. The van der Waals surface area contributed by atoms with Crippen LogP contribution in [0.2, 0.25) is 0 Å². The van der Waals surface area contributed by atoms with Gasteiger partial charge >= 0.3 is 5.97 Å². The van der Waals surface area contributed by atoms with Crippen LogP contribution >= 0.6 is 0 Å². The number of phenolic OH excluding ortho intramolecular Hbond substituents is 1. The van der Waals surface area contributed by atoms with Gasteiger partial charge in [0.05, 0.1) is 7.11 Å². The van der Waals surface area contributed by atoms with Gasteiger partial charge in [0.25, 0.3) is 0 Å². The molecule has 1 aromatic carbocycles. The lowest BCUT2D eigenvalue weighted by Gasteiger charge is -2.16. The largest absolute Gasteiger partial charge is 0.503 e. The predicted molar refractivity (Wildman–Crippen MR) is 51.0 cm³/mol. The van der Waals surface area contributed by atoms with E-state index in [-0.39, 0.29) is 0 Å². The lowest BCUT2D eigenvalue weighted by atomic mass is 10.0. The van der Waals surface area contributed by atoms with Gasteiger partial charge in [-0.15, -0.1) is 0 Å². The van der Waals surface area contributed by atoms with Crippen LogP contribution in [0.5, 0.6) is 5.75 Å². The van der Waals surface area contributed by atoms with E-state index < -0.39 is 41.1 Å². The number of rotatable bonds is 3. The molecular formula is C10H10F2O5. The summed E-state index contributed by atoms with van der Waals surface area (Å²) in [5.74, 6) is -4.97. The van der Waals surface area contributed by atoms with E-state index in [0.717, 1.165) is 7.11 Å². The fraction of sp³-hybridized carbons (Fsp3) is 0.300. The topological polar surface area (TPSA) is 87.0 Å². The Labute approximate surface area is 94.9 Å². The summed E-state index contributed by atoms with van der Waals surface area (Å²) < 4.78 is 30.0. The van der Waals surface area contributed by atoms with E-state index in [1.807, 2.05) is 0 Å². The summed E-state index contributed by atoms with van der Waals surface area (Å²) in [5.41, 5.74) is -0.393. The molecule has 94 valence electrons. The molecule has 0 aliphatic carbocycles. The standard InChI is InChI=1S/C10H10F2O5/c1-17-10(16)9(15)7(13)4-2-5(11)8(14)6(12)3-4/h2-3,7,9,13-15H,1H3. The Morgan fingerprint density at radius 3 is 2.18 bits per heavy atom. The Bertz CT molecular complexity index is 412. The van der Waals surface area contributed by atoms with E-state index in [9.17, 15) is 23.8 Å². The molecule has 2 atom stereocenters. The molecule has 0 radical (unpaired) electrons. The van der Waals surface area contributed by atoms with Crippen LogP contribution in [0.25, 0.3) is 0 Å². The third-order valence-electron chi connectivity index (χ3n) is 2.12. The van der Waals surface area contributed by atoms with Crippen molar-refractivity contribution in [2.45, 2.75) is 12.2 Å². The highest BCUT2D eigenvalue weighted by molar-refractivity contribution is 5.75. The van der Waals surface area contributed by atoms with Gasteiger partial charge in [-0.1, -0.05) is 0 Å². The molecule has 7 heteroatoms. The van der Waals surface area contributed by atoms with Gasteiger partial charge in [0, 0.05) is 0 Å². The molecule has 0 saturated carbocycles. The van der Waals surface area contributed by atoms with Crippen LogP contribution < -0.4 is 0 Å². The third kappa shape index (κ3) is 2.69. The minimum absolute atomic E-state index is 0.393. The van der Waals surface area contributed by atoms with E-state index in [2.05, 4.69) is 4.74 Å². The SMILES string of the molecule is COC(=O)C(O)C(O)c1cc(F)c(O)c(F)c1. The van der Waals surface area contributed by atoms with Crippen molar-refractivity contribution in [3.05, 3.63) is 29.3 Å². The minimum Gasteiger partial charge on any atom is -0.503 e. The number of esters is 1. The second-order valence-corrected chi connectivity index (χ2v) is 3.25. The third-order valence-corrected chi connectivity index (χ3v) is 2.12. The fourth-order valence-electron chi connectivity index (χ4n) is 1.19. The van der Waals surface area contributed by atoms with Gasteiger partial charge in [0.15, 0.2) is 23.5 Å². The summed E-state index contributed by atoms with van der Waals surface area (Å²) in [5, 5.41) is 27.5. The molecule has 0 fully saturated rings. The number of methoxy groups -OCH3 is 1. The quantitative estimate of drug-likeness (QED) is 0.667. The molecule has 0 amide bonds. The zero-order chi connectivity index (χ0) is 13.2. The molecular weight excluding hydrogens is 238 g/mol. The Hall–Kier alpha value is -1.73. The van der Waals surface area contributed by atoms with Crippen molar-refractivity contribution in [3.8, 4) is 5.75 Å². The number of carbonyl (C=O) groups is 1. The van der Waals surface area contributed by atoms with Gasteiger partial charge in [-0.25, -0.2) is 13.6 Å². The van der Waals surface area contributed by atoms with Crippen LogP contribution in [0.4, 0.5) is 8.78 Å². The number of phenols is 1. The maximum Gasteiger partial charge on any atom is 0.337 e. The number of carbonyl (C=O) groups excluding carboxylic acids is 1. The number of hydrogen-bond donors (Lipinski definition) is 3. The smallest absolute Gasteiger partial charge is 0.337 e. The number of aliphatic hydroxyl groups excluding tert-OH is 2. The summed E-state index contributed by atoms with van der Waals surface area (Å²) in [4.78, 5) is 10.9. The Morgan fingerprint density at radius 1 is 1.29 bits per heavy atom. The number of benzene rings is 1.